The van der Waals surface area contributed by atoms with Crippen molar-refractivity contribution in [3.8, 4) is 28.4 Å². The van der Waals surface area contributed by atoms with Crippen molar-refractivity contribution >= 4 is 28.6 Å². The van der Waals surface area contributed by atoms with Crippen molar-refractivity contribution in [2.45, 2.75) is 19.4 Å². The SMILES string of the molecule is COC(=O)C[C@@H]1Oc2ccc(I)cc2-c2cc(OC)c(OC)c(C)c21. The van der Waals surface area contributed by atoms with Gasteiger partial charge in [0.1, 0.15) is 11.9 Å². The lowest BCUT2D eigenvalue weighted by molar-refractivity contribution is -0.142. The van der Waals surface area contributed by atoms with Gasteiger partial charge in [-0.25, -0.2) is 0 Å². The molecule has 0 bridgehead atoms. The molecule has 1 aliphatic rings. The first-order chi connectivity index (χ1) is 12.0. The number of carbonyl (C=O) groups excluding carboxylic acids is 1. The zero-order valence-corrected chi connectivity index (χ0v) is 16.7. The molecule has 0 aromatic heterocycles. The Morgan fingerprint density at radius 3 is 2.56 bits per heavy atom. The van der Waals surface area contributed by atoms with E-state index in [9.17, 15) is 4.79 Å². The van der Waals surface area contributed by atoms with Crippen LogP contribution in [0.5, 0.6) is 17.2 Å². The second kappa shape index (κ2) is 7.11. The number of benzene rings is 2. The molecule has 0 saturated carbocycles. The zero-order chi connectivity index (χ0) is 18.1. The molecule has 1 atom stereocenters. The van der Waals surface area contributed by atoms with Gasteiger partial charge in [0.25, 0.3) is 0 Å². The molecule has 25 heavy (non-hydrogen) atoms. The molecule has 2 aromatic rings. The number of methoxy groups -OCH3 is 3. The number of rotatable bonds is 4. The third kappa shape index (κ3) is 3.15. The third-order valence-electron chi connectivity index (χ3n) is 4.36. The number of hydrogen-bond donors (Lipinski definition) is 0. The second-order valence-corrected chi connectivity index (χ2v) is 6.97. The standard InChI is InChI=1S/C19H19IO5/c1-10-18-13(8-16(22-2)19(10)24-4)12-7-11(20)5-6-14(12)25-15(18)9-17(21)23-3/h5-8,15H,9H2,1-4H3/t15-/m0/s1. The summed E-state index contributed by atoms with van der Waals surface area (Å²) in [7, 11) is 4.60. The first kappa shape index (κ1) is 17.8. The number of fused-ring (bicyclic) bond motifs is 3. The van der Waals surface area contributed by atoms with Gasteiger partial charge in [-0.15, -0.1) is 0 Å². The first-order valence-electron chi connectivity index (χ1n) is 7.79. The van der Waals surface area contributed by atoms with Gasteiger partial charge in [0.05, 0.1) is 27.8 Å². The lowest BCUT2D eigenvalue weighted by Crippen LogP contribution is -2.20. The van der Waals surface area contributed by atoms with Crippen LogP contribution in [0.15, 0.2) is 24.3 Å². The van der Waals surface area contributed by atoms with Gasteiger partial charge in [-0.1, -0.05) is 0 Å². The monoisotopic (exact) mass is 454 g/mol. The summed E-state index contributed by atoms with van der Waals surface area (Å²) in [4.78, 5) is 11.9. The number of ether oxygens (including phenoxy) is 4. The van der Waals surface area contributed by atoms with Crippen molar-refractivity contribution in [1.82, 2.24) is 0 Å². The minimum atomic E-state index is -0.435. The average molecular weight is 454 g/mol. The van der Waals surface area contributed by atoms with Gasteiger partial charge in [-0.2, -0.15) is 0 Å². The Labute approximate surface area is 160 Å². The molecule has 0 N–H and O–H groups in total. The predicted octanol–water partition coefficient (Wildman–Crippen LogP) is 4.28. The largest absolute Gasteiger partial charge is 0.493 e. The Morgan fingerprint density at radius 2 is 1.92 bits per heavy atom. The summed E-state index contributed by atoms with van der Waals surface area (Å²) in [5.74, 6) is 1.73. The molecule has 0 amide bonds. The van der Waals surface area contributed by atoms with E-state index in [4.69, 9.17) is 18.9 Å². The molecule has 1 aliphatic heterocycles. The molecule has 132 valence electrons. The van der Waals surface area contributed by atoms with Crippen LogP contribution in [0.4, 0.5) is 0 Å². The summed E-state index contributed by atoms with van der Waals surface area (Å²) in [6.45, 7) is 1.95. The highest BCUT2D eigenvalue weighted by molar-refractivity contribution is 14.1. The Balaban J connectivity index is 2.26. The van der Waals surface area contributed by atoms with Gasteiger partial charge in [-0.3, -0.25) is 4.79 Å². The minimum absolute atomic E-state index is 0.130. The third-order valence-corrected chi connectivity index (χ3v) is 5.03. The summed E-state index contributed by atoms with van der Waals surface area (Å²) in [5, 5.41) is 0. The van der Waals surface area contributed by atoms with Crippen LogP contribution in [0, 0.1) is 10.5 Å². The summed E-state index contributed by atoms with van der Waals surface area (Å²) >= 11 is 2.27. The van der Waals surface area contributed by atoms with Crippen LogP contribution in [-0.2, 0) is 9.53 Å². The molecule has 5 nitrogen and oxygen atoms in total. The molecule has 0 spiro atoms. The van der Waals surface area contributed by atoms with Crippen molar-refractivity contribution in [2.75, 3.05) is 21.3 Å². The van der Waals surface area contributed by atoms with Gasteiger partial charge >= 0.3 is 5.97 Å². The van der Waals surface area contributed by atoms with E-state index in [0.717, 1.165) is 31.6 Å². The van der Waals surface area contributed by atoms with E-state index >= 15 is 0 Å². The van der Waals surface area contributed by atoms with Crippen molar-refractivity contribution in [3.05, 3.63) is 39.0 Å². The van der Waals surface area contributed by atoms with Crippen LogP contribution in [-0.4, -0.2) is 27.3 Å². The van der Waals surface area contributed by atoms with Crippen molar-refractivity contribution in [2.24, 2.45) is 0 Å². The molecular formula is C19H19IO5. The van der Waals surface area contributed by atoms with Crippen LogP contribution in [0.1, 0.15) is 23.7 Å². The Kier molecular flexibility index (Phi) is 5.08. The molecule has 0 radical (unpaired) electrons. The molecule has 1 heterocycles. The minimum Gasteiger partial charge on any atom is -0.493 e. The second-order valence-electron chi connectivity index (χ2n) is 5.73. The van der Waals surface area contributed by atoms with E-state index in [1.54, 1.807) is 14.2 Å². The van der Waals surface area contributed by atoms with Gasteiger partial charge in [0, 0.05) is 20.3 Å². The summed E-state index contributed by atoms with van der Waals surface area (Å²) in [6, 6.07) is 7.92. The first-order valence-corrected chi connectivity index (χ1v) is 8.86. The predicted molar refractivity (Wildman–Crippen MR) is 102 cm³/mol. The summed E-state index contributed by atoms with van der Waals surface area (Å²) in [6.07, 6.45) is -0.305. The number of esters is 1. The van der Waals surface area contributed by atoms with Crippen LogP contribution in [0.3, 0.4) is 0 Å². The maximum atomic E-state index is 11.9. The lowest BCUT2D eigenvalue weighted by Gasteiger charge is -2.31. The number of carbonyl (C=O) groups is 1. The van der Waals surface area contributed by atoms with Crippen molar-refractivity contribution in [3.63, 3.8) is 0 Å². The Bertz CT molecular complexity index is 831. The highest BCUT2D eigenvalue weighted by atomic mass is 127. The quantitative estimate of drug-likeness (QED) is 0.510. The van der Waals surface area contributed by atoms with E-state index in [1.165, 1.54) is 7.11 Å². The highest BCUT2D eigenvalue weighted by Crippen LogP contribution is 2.50. The maximum absolute atomic E-state index is 11.9. The maximum Gasteiger partial charge on any atom is 0.309 e. The fourth-order valence-corrected chi connectivity index (χ4v) is 3.72. The number of halogens is 1. The molecule has 6 heteroatoms. The normalized spacial score (nSPS) is 14.8. The topological polar surface area (TPSA) is 54.0 Å². The smallest absolute Gasteiger partial charge is 0.309 e. The van der Waals surface area contributed by atoms with Crippen molar-refractivity contribution < 1.29 is 23.7 Å². The van der Waals surface area contributed by atoms with E-state index in [-0.39, 0.29) is 12.4 Å². The molecule has 2 aromatic carbocycles. The lowest BCUT2D eigenvalue weighted by atomic mass is 9.87. The van der Waals surface area contributed by atoms with Crippen LogP contribution < -0.4 is 14.2 Å². The highest BCUT2D eigenvalue weighted by Gasteiger charge is 2.32. The van der Waals surface area contributed by atoms with Gasteiger partial charge < -0.3 is 18.9 Å². The van der Waals surface area contributed by atoms with Crippen LogP contribution >= 0.6 is 22.6 Å². The fraction of sp³-hybridized carbons (Fsp3) is 0.316. The summed E-state index contributed by atoms with van der Waals surface area (Å²) < 4.78 is 23.1. The Hall–Kier alpha value is -1.96. The van der Waals surface area contributed by atoms with Gasteiger partial charge in [0.15, 0.2) is 11.5 Å². The Morgan fingerprint density at radius 1 is 1.16 bits per heavy atom. The van der Waals surface area contributed by atoms with Gasteiger partial charge in [-0.05, 0) is 59.3 Å². The van der Waals surface area contributed by atoms with Crippen LogP contribution in [0.25, 0.3) is 11.1 Å². The van der Waals surface area contributed by atoms with Crippen LogP contribution in [0.2, 0.25) is 0 Å². The van der Waals surface area contributed by atoms with E-state index < -0.39 is 6.10 Å². The molecule has 0 aliphatic carbocycles. The zero-order valence-electron chi connectivity index (χ0n) is 14.5. The van der Waals surface area contributed by atoms with E-state index in [1.807, 2.05) is 25.1 Å². The van der Waals surface area contributed by atoms with Gasteiger partial charge in [0.2, 0.25) is 0 Å². The molecule has 0 saturated heterocycles. The molecule has 3 rings (SSSR count). The molecule has 0 fully saturated rings. The van der Waals surface area contributed by atoms with Crippen molar-refractivity contribution in [1.29, 1.82) is 0 Å². The average Bonchev–Trinajstić information content (AvgIpc) is 2.61. The van der Waals surface area contributed by atoms with E-state index in [0.29, 0.717) is 11.5 Å². The molecule has 0 unspecified atom stereocenters. The fourth-order valence-electron chi connectivity index (χ4n) is 3.23. The number of hydrogen-bond acceptors (Lipinski definition) is 5. The van der Waals surface area contributed by atoms with E-state index in [2.05, 4.69) is 28.7 Å². The summed E-state index contributed by atoms with van der Waals surface area (Å²) in [5.41, 5.74) is 3.80. The molecular weight excluding hydrogens is 435 g/mol.